The molecule has 1 amide bonds. The van der Waals surface area contributed by atoms with Crippen molar-refractivity contribution in [3.63, 3.8) is 0 Å². The van der Waals surface area contributed by atoms with Crippen molar-refractivity contribution < 1.29 is 19.4 Å². The van der Waals surface area contributed by atoms with E-state index < -0.39 is 17.6 Å². The van der Waals surface area contributed by atoms with Gasteiger partial charge in [-0.2, -0.15) is 0 Å². The van der Waals surface area contributed by atoms with Crippen LogP contribution in [0.3, 0.4) is 0 Å². The molecule has 2 aliphatic rings. The lowest BCUT2D eigenvalue weighted by Gasteiger charge is -2.43. The van der Waals surface area contributed by atoms with Crippen LogP contribution in [0.2, 0.25) is 0 Å². The molecule has 0 radical (unpaired) electrons. The minimum Gasteiger partial charge on any atom is -0.467 e. The van der Waals surface area contributed by atoms with Crippen LogP contribution in [0.4, 0.5) is 0 Å². The smallest absolute Gasteiger partial charge is 0.330 e. The lowest BCUT2D eigenvalue weighted by Crippen LogP contribution is -2.65. The van der Waals surface area contributed by atoms with Crippen LogP contribution in [0, 0.1) is 35.5 Å². The normalized spacial score (nSPS) is 22.2. The molecular weight excluding hydrogens is 356 g/mol. The molecule has 146 valence electrons. The average Bonchev–Trinajstić information content (AvgIpc) is 3.46. The maximum absolute atomic E-state index is 12.5. The summed E-state index contributed by atoms with van der Waals surface area (Å²) in [5.41, 5.74) is 6.63. The van der Waals surface area contributed by atoms with E-state index in [4.69, 9.17) is 15.6 Å². The molecule has 1 aromatic carbocycles. The second-order valence-electron chi connectivity index (χ2n) is 7.40. The molecule has 0 spiro atoms. The number of amides is 1. The van der Waals surface area contributed by atoms with E-state index in [1.165, 1.54) is 7.11 Å². The Bertz CT molecular complexity index is 866. The van der Waals surface area contributed by atoms with E-state index in [0.29, 0.717) is 24.3 Å². The van der Waals surface area contributed by atoms with Gasteiger partial charge >= 0.3 is 5.97 Å². The molecule has 6 heteroatoms. The third-order valence-electron chi connectivity index (χ3n) is 5.40. The predicted molar refractivity (Wildman–Crippen MR) is 104 cm³/mol. The summed E-state index contributed by atoms with van der Waals surface area (Å²) in [6.07, 6.45) is 3.20. The van der Waals surface area contributed by atoms with Crippen LogP contribution in [-0.2, 0) is 9.53 Å². The number of nitrogens with two attached hydrogens (primary N) is 1. The first-order valence-corrected chi connectivity index (χ1v) is 9.37. The standard InChI is InChI=1S/C22H24N2O4/c1-28-21(27)19(22(23)11-4-12-22)24-20(26)16-9-7-15(8-10-16)5-2-3-6-17-13-18(17)14-25/h7-10,17-19,25H,4,11-14,23H2,1H3,(H,24,26). The van der Waals surface area contributed by atoms with Gasteiger partial charge in [-0.15, -0.1) is 0 Å². The van der Waals surface area contributed by atoms with Crippen molar-refractivity contribution in [1.29, 1.82) is 0 Å². The molecule has 2 aliphatic carbocycles. The number of nitrogens with one attached hydrogen (secondary N) is 1. The number of hydrogen-bond donors (Lipinski definition) is 3. The van der Waals surface area contributed by atoms with Gasteiger partial charge in [0.15, 0.2) is 0 Å². The molecule has 2 saturated carbocycles. The molecule has 28 heavy (non-hydrogen) atoms. The number of benzene rings is 1. The van der Waals surface area contributed by atoms with Gasteiger partial charge in [0, 0.05) is 29.2 Å². The molecule has 3 rings (SSSR count). The van der Waals surface area contributed by atoms with Crippen LogP contribution >= 0.6 is 0 Å². The van der Waals surface area contributed by atoms with Gasteiger partial charge in [0.2, 0.25) is 0 Å². The molecule has 6 nitrogen and oxygen atoms in total. The number of carbonyl (C=O) groups is 2. The van der Waals surface area contributed by atoms with Crippen LogP contribution in [0.15, 0.2) is 24.3 Å². The van der Waals surface area contributed by atoms with Gasteiger partial charge in [0.1, 0.15) is 6.04 Å². The quantitative estimate of drug-likeness (QED) is 0.519. The number of aliphatic hydroxyl groups excluding tert-OH is 1. The van der Waals surface area contributed by atoms with Crippen molar-refractivity contribution in [2.45, 2.75) is 37.3 Å². The monoisotopic (exact) mass is 380 g/mol. The van der Waals surface area contributed by atoms with Gasteiger partial charge in [0.05, 0.1) is 7.11 Å². The van der Waals surface area contributed by atoms with Crippen LogP contribution in [0.25, 0.3) is 0 Å². The van der Waals surface area contributed by atoms with E-state index in [2.05, 4.69) is 29.0 Å². The maximum Gasteiger partial charge on any atom is 0.330 e. The Balaban J connectivity index is 1.61. The third-order valence-corrected chi connectivity index (χ3v) is 5.40. The Morgan fingerprint density at radius 2 is 2.04 bits per heavy atom. The van der Waals surface area contributed by atoms with Gasteiger partial charge in [-0.25, -0.2) is 4.79 Å². The molecular formula is C22H24N2O4. The predicted octanol–water partition coefficient (Wildman–Crippen LogP) is 0.823. The molecule has 0 aromatic heterocycles. The van der Waals surface area contributed by atoms with Gasteiger partial charge < -0.3 is 20.9 Å². The van der Waals surface area contributed by atoms with Crippen LogP contribution in [0.5, 0.6) is 0 Å². The molecule has 2 fully saturated rings. The highest BCUT2D eigenvalue weighted by molar-refractivity contribution is 5.97. The van der Waals surface area contributed by atoms with E-state index in [9.17, 15) is 9.59 Å². The zero-order valence-corrected chi connectivity index (χ0v) is 15.8. The highest BCUT2D eigenvalue weighted by atomic mass is 16.5. The molecule has 3 unspecified atom stereocenters. The van der Waals surface area contributed by atoms with E-state index in [0.717, 1.165) is 18.4 Å². The van der Waals surface area contributed by atoms with Crippen molar-refractivity contribution in [2.75, 3.05) is 13.7 Å². The molecule has 3 atom stereocenters. The minimum atomic E-state index is -0.862. The van der Waals surface area contributed by atoms with Crippen LogP contribution in [0.1, 0.15) is 41.6 Å². The highest BCUT2D eigenvalue weighted by Crippen LogP contribution is 2.36. The first-order chi connectivity index (χ1) is 13.5. The summed E-state index contributed by atoms with van der Waals surface area (Å²) in [7, 11) is 1.28. The summed E-state index contributed by atoms with van der Waals surface area (Å²) in [5, 5.41) is 11.7. The fourth-order valence-corrected chi connectivity index (χ4v) is 3.21. The number of rotatable bonds is 5. The SMILES string of the molecule is COC(=O)C(NC(=O)c1ccc(C#CC#CC2CC2CO)cc1)C1(N)CCC1. The summed E-state index contributed by atoms with van der Waals surface area (Å²) < 4.78 is 4.80. The maximum atomic E-state index is 12.5. The Labute approximate surface area is 164 Å². The molecule has 0 aliphatic heterocycles. The lowest BCUT2D eigenvalue weighted by molar-refractivity contribution is -0.145. The molecule has 0 heterocycles. The fraction of sp³-hybridized carbons (Fsp3) is 0.455. The number of ether oxygens (including phenoxy) is 1. The lowest BCUT2D eigenvalue weighted by atomic mass is 9.72. The Hall–Kier alpha value is -2.80. The van der Waals surface area contributed by atoms with Crippen molar-refractivity contribution in [2.24, 2.45) is 17.6 Å². The van der Waals surface area contributed by atoms with Gasteiger partial charge in [-0.3, -0.25) is 4.79 Å². The largest absolute Gasteiger partial charge is 0.467 e. The van der Waals surface area contributed by atoms with E-state index in [1.54, 1.807) is 24.3 Å². The molecule has 0 bridgehead atoms. The molecule has 4 N–H and O–H groups in total. The Kier molecular flexibility index (Phi) is 6.04. The van der Waals surface area contributed by atoms with E-state index in [-0.39, 0.29) is 18.4 Å². The third kappa shape index (κ3) is 4.54. The summed E-state index contributed by atoms with van der Waals surface area (Å²) in [6.45, 7) is 0.179. The molecule has 1 aromatic rings. The second kappa shape index (κ2) is 8.48. The summed E-state index contributed by atoms with van der Waals surface area (Å²) in [4.78, 5) is 24.6. The second-order valence-corrected chi connectivity index (χ2v) is 7.40. The summed E-state index contributed by atoms with van der Waals surface area (Å²) in [5.74, 6) is 11.2. The van der Waals surface area contributed by atoms with Gasteiger partial charge in [0.25, 0.3) is 5.91 Å². The Morgan fingerprint density at radius 3 is 2.57 bits per heavy atom. The first kappa shape index (κ1) is 19.9. The number of carbonyl (C=O) groups excluding carboxylic acids is 2. The van der Waals surface area contributed by atoms with E-state index >= 15 is 0 Å². The van der Waals surface area contributed by atoms with E-state index in [1.807, 2.05) is 0 Å². The van der Waals surface area contributed by atoms with Crippen molar-refractivity contribution in [3.05, 3.63) is 35.4 Å². The van der Waals surface area contributed by atoms with Crippen molar-refractivity contribution in [3.8, 4) is 23.7 Å². The van der Waals surface area contributed by atoms with Crippen LogP contribution in [-0.4, -0.2) is 42.3 Å². The average molecular weight is 380 g/mol. The minimum absolute atomic E-state index is 0.179. The Morgan fingerprint density at radius 1 is 1.32 bits per heavy atom. The fourth-order valence-electron chi connectivity index (χ4n) is 3.21. The van der Waals surface area contributed by atoms with Crippen LogP contribution < -0.4 is 11.1 Å². The zero-order chi connectivity index (χ0) is 20.1. The van der Waals surface area contributed by atoms with Crippen molar-refractivity contribution in [1.82, 2.24) is 5.32 Å². The molecule has 0 saturated heterocycles. The number of methoxy groups -OCH3 is 1. The zero-order valence-electron chi connectivity index (χ0n) is 15.8. The number of esters is 1. The van der Waals surface area contributed by atoms with Crippen molar-refractivity contribution >= 4 is 11.9 Å². The first-order valence-electron chi connectivity index (χ1n) is 9.37. The summed E-state index contributed by atoms with van der Waals surface area (Å²) in [6, 6.07) is 5.89. The highest BCUT2D eigenvalue weighted by Gasteiger charge is 2.46. The number of aliphatic hydroxyl groups is 1. The topological polar surface area (TPSA) is 102 Å². The number of hydrogen-bond acceptors (Lipinski definition) is 5. The van der Waals surface area contributed by atoms with Gasteiger partial charge in [-0.05, 0) is 67.7 Å². The van der Waals surface area contributed by atoms with Gasteiger partial charge in [-0.1, -0.05) is 11.8 Å². The summed E-state index contributed by atoms with van der Waals surface area (Å²) >= 11 is 0.